The number of fused-ring (bicyclic) bond motifs is 1. The molecule has 0 saturated heterocycles. The number of hydrogen-bond donors (Lipinski definition) is 2. The summed E-state index contributed by atoms with van der Waals surface area (Å²) < 4.78 is 0. The number of rotatable bonds is 1. The average molecular weight is 226 g/mol. The molecule has 0 aromatic heterocycles. The van der Waals surface area contributed by atoms with Gasteiger partial charge in [-0.05, 0) is 16.8 Å². The Kier molecular flexibility index (Phi) is 4.91. The van der Waals surface area contributed by atoms with Gasteiger partial charge < -0.3 is 0 Å². The molecule has 2 aromatic rings. The standard InChI is InChI=1S/C11H9NO2.K/c13-11(12-14)10-7-3-5-8-4-1-2-6-9(8)10;/h1-7,14H,(H,12,13);. The van der Waals surface area contributed by atoms with Crippen LogP contribution in [-0.2, 0) is 0 Å². The minimum absolute atomic E-state index is 0. The van der Waals surface area contributed by atoms with Gasteiger partial charge in [0.2, 0.25) is 0 Å². The van der Waals surface area contributed by atoms with Gasteiger partial charge in [-0.3, -0.25) is 10.0 Å². The third-order valence-electron chi connectivity index (χ3n) is 2.14. The summed E-state index contributed by atoms with van der Waals surface area (Å²) in [6.07, 6.45) is 0. The van der Waals surface area contributed by atoms with Crippen molar-refractivity contribution in [1.29, 1.82) is 0 Å². The van der Waals surface area contributed by atoms with E-state index in [1.165, 1.54) is 0 Å². The molecule has 0 fully saturated rings. The van der Waals surface area contributed by atoms with Crippen LogP contribution in [0.25, 0.3) is 10.8 Å². The van der Waals surface area contributed by atoms with Crippen molar-refractivity contribution >= 4 is 68.1 Å². The number of hydroxylamine groups is 1. The van der Waals surface area contributed by atoms with Crippen molar-refractivity contribution in [2.45, 2.75) is 0 Å². The van der Waals surface area contributed by atoms with E-state index in [2.05, 4.69) is 0 Å². The van der Waals surface area contributed by atoms with Crippen LogP contribution in [0.3, 0.4) is 0 Å². The predicted molar refractivity (Wildman–Crippen MR) is 59.0 cm³/mol. The summed E-state index contributed by atoms with van der Waals surface area (Å²) in [5.74, 6) is -0.484. The molecule has 2 aromatic carbocycles. The van der Waals surface area contributed by atoms with E-state index in [0.717, 1.165) is 10.8 Å². The molecule has 0 saturated carbocycles. The van der Waals surface area contributed by atoms with Crippen LogP contribution < -0.4 is 5.48 Å². The average Bonchev–Trinajstić information content (AvgIpc) is 2.27. The van der Waals surface area contributed by atoms with Gasteiger partial charge in [0.1, 0.15) is 0 Å². The van der Waals surface area contributed by atoms with Gasteiger partial charge >= 0.3 is 0 Å². The van der Waals surface area contributed by atoms with Gasteiger partial charge in [0.25, 0.3) is 5.91 Å². The Labute approximate surface area is 130 Å². The van der Waals surface area contributed by atoms with Crippen LogP contribution in [0.4, 0.5) is 0 Å². The zero-order valence-corrected chi connectivity index (χ0v) is 11.5. The number of amides is 1. The molecule has 2 N–H and O–H groups in total. The summed E-state index contributed by atoms with van der Waals surface area (Å²) in [5.41, 5.74) is 2.11. The first-order chi connectivity index (χ1) is 6.83. The molecular weight excluding hydrogens is 217 g/mol. The van der Waals surface area contributed by atoms with Crippen molar-refractivity contribution in [1.82, 2.24) is 5.48 Å². The molecule has 1 radical (unpaired) electrons. The van der Waals surface area contributed by atoms with Crippen LogP contribution in [-0.4, -0.2) is 62.5 Å². The van der Waals surface area contributed by atoms with Gasteiger partial charge in [0, 0.05) is 56.9 Å². The first kappa shape index (κ1) is 12.8. The van der Waals surface area contributed by atoms with Crippen LogP contribution >= 0.6 is 0 Å². The van der Waals surface area contributed by atoms with Crippen molar-refractivity contribution in [3.8, 4) is 0 Å². The van der Waals surface area contributed by atoms with E-state index in [1.54, 1.807) is 17.6 Å². The summed E-state index contributed by atoms with van der Waals surface area (Å²) in [4.78, 5) is 11.3. The van der Waals surface area contributed by atoms with E-state index >= 15 is 0 Å². The summed E-state index contributed by atoms with van der Waals surface area (Å²) >= 11 is 0. The molecule has 0 aliphatic carbocycles. The number of carbonyl (C=O) groups is 1. The maximum atomic E-state index is 11.3. The normalized spacial score (nSPS) is 9.40. The molecule has 0 atom stereocenters. The Morgan fingerprint density at radius 3 is 2.47 bits per heavy atom. The molecule has 71 valence electrons. The molecule has 0 heterocycles. The van der Waals surface area contributed by atoms with Gasteiger partial charge in [-0.25, -0.2) is 5.48 Å². The summed E-state index contributed by atoms with van der Waals surface area (Å²) in [6.45, 7) is 0. The van der Waals surface area contributed by atoms with Gasteiger partial charge in [-0.2, -0.15) is 0 Å². The second kappa shape index (κ2) is 5.74. The molecule has 0 bridgehead atoms. The number of benzene rings is 2. The fourth-order valence-electron chi connectivity index (χ4n) is 1.48. The van der Waals surface area contributed by atoms with E-state index in [-0.39, 0.29) is 51.4 Å². The molecular formula is C11H9KNO2. The minimum Gasteiger partial charge on any atom is -0.288 e. The molecule has 2 rings (SSSR count). The largest absolute Gasteiger partial charge is 0.288 e. The molecule has 15 heavy (non-hydrogen) atoms. The van der Waals surface area contributed by atoms with Crippen LogP contribution in [0.15, 0.2) is 42.5 Å². The van der Waals surface area contributed by atoms with Crippen LogP contribution in [0.5, 0.6) is 0 Å². The van der Waals surface area contributed by atoms with E-state index < -0.39 is 5.91 Å². The van der Waals surface area contributed by atoms with Gasteiger partial charge in [-0.15, -0.1) is 0 Å². The molecule has 4 heteroatoms. The van der Waals surface area contributed by atoms with Crippen molar-refractivity contribution in [2.75, 3.05) is 0 Å². The number of carbonyl (C=O) groups excluding carboxylic acids is 1. The first-order valence-corrected chi connectivity index (χ1v) is 4.25. The fourth-order valence-corrected chi connectivity index (χ4v) is 1.48. The smallest absolute Gasteiger partial charge is 0.275 e. The molecule has 1 amide bonds. The Morgan fingerprint density at radius 2 is 1.73 bits per heavy atom. The summed E-state index contributed by atoms with van der Waals surface area (Å²) in [7, 11) is 0. The third kappa shape index (κ3) is 2.66. The topological polar surface area (TPSA) is 49.3 Å². The van der Waals surface area contributed by atoms with Crippen LogP contribution in [0, 0.1) is 0 Å². The van der Waals surface area contributed by atoms with E-state index in [4.69, 9.17) is 5.21 Å². The maximum absolute atomic E-state index is 11.3. The second-order valence-corrected chi connectivity index (χ2v) is 2.97. The Morgan fingerprint density at radius 1 is 1.07 bits per heavy atom. The first-order valence-electron chi connectivity index (χ1n) is 4.25. The van der Waals surface area contributed by atoms with Gasteiger partial charge in [0.05, 0.1) is 0 Å². The van der Waals surface area contributed by atoms with Crippen molar-refractivity contribution in [2.24, 2.45) is 0 Å². The SMILES string of the molecule is O=C(NO)c1cccc2ccccc12.[K]. The van der Waals surface area contributed by atoms with E-state index in [0.29, 0.717) is 5.56 Å². The zero-order chi connectivity index (χ0) is 9.97. The molecule has 0 unspecified atom stereocenters. The van der Waals surface area contributed by atoms with E-state index in [9.17, 15) is 4.79 Å². The molecule has 3 nitrogen and oxygen atoms in total. The fraction of sp³-hybridized carbons (Fsp3) is 0. The number of nitrogens with one attached hydrogen (secondary N) is 1. The maximum Gasteiger partial charge on any atom is 0.275 e. The van der Waals surface area contributed by atoms with Gasteiger partial charge in [0.15, 0.2) is 0 Å². The Balaban J connectivity index is 0.00000112. The summed E-state index contributed by atoms with van der Waals surface area (Å²) in [5, 5.41) is 10.4. The second-order valence-electron chi connectivity index (χ2n) is 2.97. The molecule has 0 aliphatic heterocycles. The predicted octanol–water partition coefficient (Wildman–Crippen LogP) is 1.58. The minimum atomic E-state index is -0.484. The molecule has 0 spiro atoms. The monoisotopic (exact) mass is 226 g/mol. The third-order valence-corrected chi connectivity index (χ3v) is 2.14. The summed E-state index contributed by atoms with van der Waals surface area (Å²) in [6, 6.07) is 12.9. The zero-order valence-electron chi connectivity index (χ0n) is 8.40. The van der Waals surface area contributed by atoms with Crippen molar-refractivity contribution in [3.63, 3.8) is 0 Å². The Hall–Kier alpha value is -0.234. The van der Waals surface area contributed by atoms with E-state index in [1.807, 2.05) is 30.3 Å². The van der Waals surface area contributed by atoms with Crippen LogP contribution in [0.2, 0.25) is 0 Å². The van der Waals surface area contributed by atoms with Crippen LogP contribution in [0.1, 0.15) is 10.4 Å². The van der Waals surface area contributed by atoms with Crippen molar-refractivity contribution in [3.05, 3.63) is 48.0 Å². The van der Waals surface area contributed by atoms with Gasteiger partial charge in [-0.1, -0.05) is 36.4 Å². The molecule has 0 aliphatic rings. The van der Waals surface area contributed by atoms with Crippen molar-refractivity contribution < 1.29 is 10.0 Å². The number of hydrogen-bond acceptors (Lipinski definition) is 2. The quantitative estimate of drug-likeness (QED) is 0.440. The Bertz CT molecular complexity index is 479.